The number of nitrogens with two attached hydrogens (primary N) is 1. The zero-order valence-corrected chi connectivity index (χ0v) is 7.42. The molecule has 0 bridgehead atoms. The molecule has 70 valence electrons. The van der Waals surface area contributed by atoms with Gasteiger partial charge in [0.2, 0.25) is 0 Å². The van der Waals surface area contributed by atoms with Gasteiger partial charge in [-0.3, -0.25) is 0 Å². The van der Waals surface area contributed by atoms with Crippen molar-refractivity contribution in [2.45, 2.75) is 0 Å². The fraction of sp³-hybridized carbons (Fsp3) is 0. The van der Waals surface area contributed by atoms with Crippen molar-refractivity contribution in [1.82, 2.24) is 4.98 Å². The average Bonchev–Trinajstić information content (AvgIpc) is 2.67. The number of nitrogens with zero attached hydrogens (tertiary/aromatic N) is 2. The van der Waals surface area contributed by atoms with Crippen LogP contribution in [0.1, 0.15) is 5.76 Å². The first-order chi connectivity index (χ1) is 6.84. The Bertz CT molecular complexity index is 434. The van der Waals surface area contributed by atoms with Gasteiger partial charge in [0.15, 0.2) is 5.82 Å². The summed E-state index contributed by atoms with van der Waals surface area (Å²) in [7, 11) is 0. The van der Waals surface area contributed by atoms with Crippen molar-refractivity contribution in [2.24, 2.45) is 4.99 Å². The second-order valence-electron chi connectivity index (χ2n) is 2.69. The van der Waals surface area contributed by atoms with E-state index in [0.717, 1.165) is 0 Å². The van der Waals surface area contributed by atoms with E-state index in [1.54, 1.807) is 36.7 Å². The Morgan fingerprint density at radius 1 is 1.29 bits per heavy atom. The first-order valence-electron chi connectivity index (χ1n) is 4.15. The molecule has 0 unspecified atom stereocenters. The standard InChI is InChI=1S/C10H9N3O/c11-9-4-1-5-10(13-9)12-7-8-3-2-6-14-8/h1-7H,(H2,11,13). The molecule has 0 spiro atoms. The molecule has 0 fully saturated rings. The van der Waals surface area contributed by atoms with E-state index in [-0.39, 0.29) is 0 Å². The van der Waals surface area contributed by atoms with E-state index >= 15 is 0 Å². The predicted octanol–water partition coefficient (Wildman–Crippen LogP) is 2.01. The Morgan fingerprint density at radius 3 is 2.93 bits per heavy atom. The Labute approximate surface area is 81.1 Å². The second-order valence-corrected chi connectivity index (χ2v) is 2.69. The highest BCUT2D eigenvalue weighted by molar-refractivity contribution is 5.77. The van der Waals surface area contributed by atoms with Crippen LogP contribution in [0.15, 0.2) is 46.0 Å². The minimum absolute atomic E-state index is 0.457. The summed E-state index contributed by atoms with van der Waals surface area (Å²) in [5.41, 5.74) is 5.50. The predicted molar refractivity (Wildman–Crippen MR) is 54.6 cm³/mol. The molecular weight excluding hydrogens is 178 g/mol. The van der Waals surface area contributed by atoms with Crippen LogP contribution < -0.4 is 5.73 Å². The van der Waals surface area contributed by atoms with E-state index in [9.17, 15) is 0 Å². The summed E-state index contributed by atoms with van der Waals surface area (Å²) in [5, 5.41) is 0. The third-order valence-electron chi connectivity index (χ3n) is 1.62. The van der Waals surface area contributed by atoms with Gasteiger partial charge in [-0.1, -0.05) is 6.07 Å². The molecule has 0 aliphatic carbocycles. The highest BCUT2D eigenvalue weighted by atomic mass is 16.3. The molecule has 0 amide bonds. The number of furan rings is 1. The SMILES string of the molecule is Nc1cccc(N=Cc2ccco2)n1. The van der Waals surface area contributed by atoms with E-state index in [2.05, 4.69) is 9.98 Å². The van der Waals surface area contributed by atoms with Gasteiger partial charge in [0.25, 0.3) is 0 Å². The summed E-state index contributed by atoms with van der Waals surface area (Å²) in [6.07, 6.45) is 3.19. The van der Waals surface area contributed by atoms with Gasteiger partial charge < -0.3 is 10.2 Å². The number of aliphatic imine (C=N–C) groups is 1. The largest absolute Gasteiger partial charge is 0.463 e. The Kier molecular flexibility index (Phi) is 2.27. The second kappa shape index (κ2) is 3.74. The van der Waals surface area contributed by atoms with E-state index < -0.39 is 0 Å². The zero-order valence-electron chi connectivity index (χ0n) is 7.42. The summed E-state index contributed by atoms with van der Waals surface area (Å²) in [6, 6.07) is 8.91. The quantitative estimate of drug-likeness (QED) is 0.731. The molecule has 0 saturated heterocycles. The van der Waals surface area contributed by atoms with Crippen molar-refractivity contribution in [3.05, 3.63) is 42.4 Å². The molecule has 2 aromatic heterocycles. The molecule has 2 rings (SSSR count). The third-order valence-corrected chi connectivity index (χ3v) is 1.62. The lowest BCUT2D eigenvalue weighted by atomic mass is 10.4. The number of anilines is 1. The Hall–Kier alpha value is -2.10. The monoisotopic (exact) mass is 187 g/mol. The lowest BCUT2D eigenvalue weighted by Gasteiger charge is -1.93. The maximum atomic E-state index is 5.50. The van der Waals surface area contributed by atoms with Crippen molar-refractivity contribution < 1.29 is 4.42 Å². The Balaban J connectivity index is 2.18. The van der Waals surface area contributed by atoms with E-state index in [1.165, 1.54) is 0 Å². The summed E-state index contributed by atoms with van der Waals surface area (Å²) < 4.78 is 5.08. The van der Waals surface area contributed by atoms with Gasteiger partial charge in [0, 0.05) is 0 Å². The highest BCUT2D eigenvalue weighted by Crippen LogP contribution is 2.09. The first kappa shape index (κ1) is 8.50. The molecule has 0 aliphatic rings. The number of hydrogen-bond acceptors (Lipinski definition) is 4. The lowest BCUT2D eigenvalue weighted by molar-refractivity contribution is 0.560. The molecule has 0 radical (unpaired) electrons. The van der Waals surface area contributed by atoms with Gasteiger partial charge in [0.05, 0.1) is 12.5 Å². The van der Waals surface area contributed by atoms with Crippen LogP contribution in [-0.2, 0) is 0 Å². The van der Waals surface area contributed by atoms with Gasteiger partial charge in [-0.05, 0) is 24.3 Å². The number of rotatable bonds is 2. The smallest absolute Gasteiger partial charge is 0.154 e. The molecular formula is C10H9N3O. The number of pyridine rings is 1. The van der Waals surface area contributed by atoms with Crippen molar-refractivity contribution in [1.29, 1.82) is 0 Å². The lowest BCUT2D eigenvalue weighted by Crippen LogP contribution is -1.87. The van der Waals surface area contributed by atoms with Crippen molar-refractivity contribution in [3.63, 3.8) is 0 Å². The third kappa shape index (κ3) is 1.98. The number of aromatic nitrogens is 1. The molecule has 0 atom stereocenters. The normalized spacial score (nSPS) is 10.9. The maximum Gasteiger partial charge on any atom is 0.154 e. The molecule has 0 saturated carbocycles. The minimum Gasteiger partial charge on any atom is -0.463 e. The van der Waals surface area contributed by atoms with Crippen LogP contribution >= 0.6 is 0 Å². The molecule has 2 aromatic rings. The van der Waals surface area contributed by atoms with E-state index in [1.807, 2.05) is 6.07 Å². The maximum absolute atomic E-state index is 5.50. The molecule has 2 N–H and O–H groups in total. The van der Waals surface area contributed by atoms with Gasteiger partial charge in [0.1, 0.15) is 11.6 Å². The molecule has 14 heavy (non-hydrogen) atoms. The Morgan fingerprint density at radius 2 is 2.21 bits per heavy atom. The van der Waals surface area contributed by atoms with Crippen LogP contribution in [0.4, 0.5) is 11.6 Å². The van der Waals surface area contributed by atoms with Crippen LogP contribution in [0.5, 0.6) is 0 Å². The molecule has 4 nitrogen and oxygen atoms in total. The summed E-state index contributed by atoms with van der Waals surface area (Å²) >= 11 is 0. The average molecular weight is 187 g/mol. The zero-order chi connectivity index (χ0) is 9.80. The number of nitrogen functional groups attached to an aromatic ring is 1. The minimum atomic E-state index is 0.457. The van der Waals surface area contributed by atoms with Crippen molar-refractivity contribution >= 4 is 17.9 Å². The number of hydrogen-bond donors (Lipinski definition) is 1. The van der Waals surface area contributed by atoms with Gasteiger partial charge in [-0.25, -0.2) is 9.98 Å². The van der Waals surface area contributed by atoms with Crippen LogP contribution in [0.2, 0.25) is 0 Å². The summed E-state index contributed by atoms with van der Waals surface area (Å²) in [6.45, 7) is 0. The topological polar surface area (TPSA) is 64.4 Å². The van der Waals surface area contributed by atoms with Crippen molar-refractivity contribution in [3.8, 4) is 0 Å². The fourth-order valence-electron chi connectivity index (χ4n) is 1.01. The fourth-order valence-corrected chi connectivity index (χ4v) is 1.01. The van der Waals surface area contributed by atoms with Crippen LogP contribution in [0.25, 0.3) is 0 Å². The molecule has 4 heteroatoms. The van der Waals surface area contributed by atoms with Crippen LogP contribution in [0.3, 0.4) is 0 Å². The van der Waals surface area contributed by atoms with E-state index in [0.29, 0.717) is 17.4 Å². The van der Waals surface area contributed by atoms with Gasteiger partial charge in [-0.2, -0.15) is 0 Å². The van der Waals surface area contributed by atoms with Crippen LogP contribution in [-0.4, -0.2) is 11.2 Å². The molecule has 0 aliphatic heterocycles. The summed E-state index contributed by atoms with van der Waals surface area (Å²) in [4.78, 5) is 8.11. The molecule has 2 heterocycles. The first-order valence-corrected chi connectivity index (χ1v) is 4.15. The van der Waals surface area contributed by atoms with Crippen molar-refractivity contribution in [2.75, 3.05) is 5.73 Å². The van der Waals surface area contributed by atoms with Gasteiger partial charge in [-0.15, -0.1) is 0 Å². The van der Waals surface area contributed by atoms with E-state index in [4.69, 9.17) is 10.2 Å². The van der Waals surface area contributed by atoms with Crippen LogP contribution in [0, 0.1) is 0 Å². The molecule has 0 aromatic carbocycles. The summed E-state index contributed by atoms with van der Waals surface area (Å²) in [5.74, 6) is 1.72. The van der Waals surface area contributed by atoms with Gasteiger partial charge >= 0.3 is 0 Å². The highest BCUT2D eigenvalue weighted by Gasteiger charge is 1.92.